The van der Waals surface area contributed by atoms with E-state index in [1.807, 2.05) is 6.92 Å². The number of guanidine groups is 1. The van der Waals surface area contributed by atoms with Crippen molar-refractivity contribution in [3.63, 3.8) is 0 Å². The maximum absolute atomic E-state index is 13.9. The molecule has 0 spiro atoms. The van der Waals surface area contributed by atoms with Gasteiger partial charge in [0.05, 0.1) is 39.1 Å². The van der Waals surface area contributed by atoms with Crippen LogP contribution >= 0.6 is 0 Å². The first-order chi connectivity index (χ1) is 40.0. The third-order valence-corrected chi connectivity index (χ3v) is 13.3. The molecule has 2 rings (SSSR count). The molecule has 8 amide bonds. The number of primary amides is 1. The Morgan fingerprint density at radius 3 is 1.69 bits per heavy atom. The number of aliphatic imine (C=N–C) groups is 2. The van der Waals surface area contributed by atoms with Gasteiger partial charge in [0, 0.05) is 57.1 Å². The van der Waals surface area contributed by atoms with Crippen LogP contribution in [-0.4, -0.2) is 185 Å². The van der Waals surface area contributed by atoms with Crippen molar-refractivity contribution >= 4 is 65.2 Å². The van der Waals surface area contributed by atoms with E-state index in [-0.39, 0.29) is 76.1 Å². The van der Waals surface area contributed by atoms with Crippen molar-refractivity contribution in [1.82, 2.24) is 57.8 Å². The van der Waals surface area contributed by atoms with Crippen LogP contribution in [0.2, 0.25) is 0 Å². The Kier molecular flexibility index (Phi) is 38.7. The molecule has 0 unspecified atom stereocenters. The average Bonchev–Trinajstić information content (AvgIpc) is 4.24. The van der Waals surface area contributed by atoms with Crippen LogP contribution < -0.4 is 54.4 Å². The maximum atomic E-state index is 13.9. The molecule has 0 saturated carbocycles. The van der Waals surface area contributed by atoms with Gasteiger partial charge in [0.25, 0.3) is 0 Å². The zero-order valence-electron chi connectivity index (χ0n) is 48.6. The molecule has 0 aliphatic carbocycles. The zero-order valence-corrected chi connectivity index (χ0v) is 48.6. The van der Waals surface area contributed by atoms with E-state index in [1.54, 1.807) is 12.3 Å². The quantitative estimate of drug-likeness (QED) is 0.0213. The number of nitrogens with one attached hydrogen (secondary N) is 8. The van der Waals surface area contributed by atoms with Crippen LogP contribution in [0, 0.1) is 0 Å². The molecule has 29 heteroatoms. The monoisotopic (exact) mass is 1170 g/mol. The van der Waals surface area contributed by atoms with Gasteiger partial charge >= 0.3 is 0 Å². The van der Waals surface area contributed by atoms with E-state index < -0.39 is 97.4 Å². The SMILES string of the molecule is CCCC[C@H](NC(=O)[C@H](CO)NC(=O)[C@H](CC1=CCC=N1)NC(=O)[C@H](CO)NC(=O)[C@H](CCCN=C(N)N)NC(=O)[C@H](CCC(N)=O)NC(=O)COCCOCCNC(=O)CCCCCCCCCCCCCCCc1nn[nH]n1)C(C)=O. The number of tetrazole rings is 1. The Morgan fingerprint density at radius 2 is 1.14 bits per heavy atom. The van der Waals surface area contributed by atoms with E-state index in [2.05, 4.69) is 67.8 Å². The minimum absolute atomic E-state index is 0.00893. The number of allylic oxidation sites excluding steroid dienone is 1. The highest BCUT2D eigenvalue weighted by atomic mass is 16.5. The van der Waals surface area contributed by atoms with Gasteiger partial charge < -0.3 is 74.1 Å². The van der Waals surface area contributed by atoms with Crippen molar-refractivity contribution in [2.75, 3.05) is 52.7 Å². The Hall–Kier alpha value is -6.98. The van der Waals surface area contributed by atoms with Crippen molar-refractivity contribution in [3.05, 3.63) is 17.6 Å². The van der Waals surface area contributed by atoms with Crippen molar-refractivity contribution < 1.29 is 62.8 Å². The molecule has 468 valence electrons. The maximum Gasteiger partial charge on any atom is 0.246 e. The second kappa shape index (κ2) is 44.6. The lowest BCUT2D eigenvalue weighted by molar-refractivity contribution is -0.136. The molecule has 2 heterocycles. The van der Waals surface area contributed by atoms with E-state index in [4.69, 9.17) is 26.7 Å². The van der Waals surface area contributed by atoms with Gasteiger partial charge in [0.1, 0.15) is 36.8 Å². The number of hydrogen-bond donors (Lipinski definition) is 13. The predicted molar refractivity (Wildman–Crippen MR) is 307 cm³/mol. The van der Waals surface area contributed by atoms with Gasteiger partial charge in [-0.15, -0.1) is 10.2 Å². The molecule has 29 nitrogen and oxygen atoms in total. The molecule has 1 aromatic heterocycles. The summed E-state index contributed by atoms with van der Waals surface area (Å²) in [7, 11) is 0. The van der Waals surface area contributed by atoms with Crippen LogP contribution in [0.15, 0.2) is 21.8 Å². The molecule has 0 radical (unpaired) electrons. The predicted octanol–water partition coefficient (Wildman–Crippen LogP) is -0.907. The van der Waals surface area contributed by atoms with Crippen LogP contribution in [0.1, 0.15) is 167 Å². The number of aliphatic hydroxyl groups excluding tert-OH is 2. The van der Waals surface area contributed by atoms with Gasteiger partial charge in [0.15, 0.2) is 17.6 Å². The van der Waals surface area contributed by atoms with Gasteiger partial charge in [-0.2, -0.15) is 5.21 Å². The van der Waals surface area contributed by atoms with E-state index >= 15 is 0 Å². The number of aryl methyl sites for hydroxylation is 1. The van der Waals surface area contributed by atoms with Crippen molar-refractivity contribution in [2.45, 2.75) is 204 Å². The number of hydrogen-bond acceptors (Lipinski definition) is 18. The first kappa shape index (κ1) is 72.1. The lowest BCUT2D eigenvalue weighted by atomic mass is 10.0. The normalized spacial score (nSPS) is 14.0. The van der Waals surface area contributed by atoms with E-state index in [0.29, 0.717) is 37.9 Å². The summed E-state index contributed by atoms with van der Waals surface area (Å²) in [6, 6.07) is -8.44. The van der Waals surface area contributed by atoms with Gasteiger partial charge in [-0.25, -0.2) is 0 Å². The topological polar surface area (TPSA) is 454 Å². The van der Waals surface area contributed by atoms with E-state index in [1.165, 1.54) is 64.7 Å². The largest absolute Gasteiger partial charge is 0.394 e. The summed E-state index contributed by atoms with van der Waals surface area (Å²) in [4.78, 5) is 126. The fourth-order valence-corrected chi connectivity index (χ4v) is 8.60. The summed E-state index contributed by atoms with van der Waals surface area (Å²) in [5, 5.41) is 52.0. The smallest absolute Gasteiger partial charge is 0.246 e. The van der Waals surface area contributed by atoms with Crippen molar-refractivity contribution in [2.24, 2.45) is 27.2 Å². The molecule has 6 atom stereocenters. The van der Waals surface area contributed by atoms with E-state index in [9.17, 15) is 53.4 Å². The summed E-state index contributed by atoms with van der Waals surface area (Å²) >= 11 is 0. The number of ether oxygens (including phenoxy) is 2. The van der Waals surface area contributed by atoms with Crippen LogP contribution in [0.25, 0.3) is 0 Å². The fraction of sp³-hybridized carbons (Fsp3) is 0.741. The number of aliphatic hydroxyl groups is 2. The van der Waals surface area contributed by atoms with Gasteiger partial charge in [0.2, 0.25) is 47.3 Å². The second-order valence-corrected chi connectivity index (χ2v) is 20.4. The van der Waals surface area contributed by atoms with Crippen LogP contribution in [0.3, 0.4) is 0 Å². The molecule has 0 aromatic carbocycles. The first-order valence-electron chi connectivity index (χ1n) is 29.2. The number of unbranched alkanes of at least 4 members (excludes halogenated alkanes) is 13. The molecule has 1 aliphatic rings. The Balaban J connectivity index is 1.85. The number of aromatic nitrogens is 4. The molecule has 0 fully saturated rings. The van der Waals surface area contributed by atoms with Crippen molar-refractivity contribution in [1.29, 1.82) is 0 Å². The number of amides is 8. The molecule has 0 saturated heterocycles. The van der Waals surface area contributed by atoms with Crippen LogP contribution in [0.4, 0.5) is 0 Å². The molecule has 83 heavy (non-hydrogen) atoms. The van der Waals surface area contributed by atoms with E-state index in [0.717, 1.165) is 44.3 Å². The highest BCUT2D eigenvalue weighted by Gasteiger charge is 2.33. The molecule has 0 bridgehead atoms. The lowest BCUT2D eigenvalue weighted by Gasteiger charge is -2.26. The summed E-state index contributed by atoms with van der Waals surface area (Å²) in [5.74, 6) is -6.12. The zero-order chi connectivity index (χ0) is 61.0. The second-order valence-electron chi connectivity index (χ2n) is 20.4. The molecular formula is C54H94N16O13. The Morgan fingerprint density at radius 1 is 0.614 bits per heavy atom. The molecular weight excluding hydrogens is 1080 g/mol. The number of aromatic amines is 1. The molecule has 16 N–H and O–H groups in total. The van der Waals surface area contributed by atoms with Gasteiger partial charge in [-0.3, -0.25) is 53.1 Å². The number of carbonyl (C=O) groups excluding carboxylic acids is 9. The highest BCUT2D eigenvalue weighted by molar-refractivity contribution is 5.97. The lowest BCUT2D eigenvalue weighted by Crippen LogP contribution is -2.60. The van der Waals surface area contributed by atoms with Crippen molar-refractivity contribution in [3.8, 4) is 0 Å². The average molecular weight is 1180 g/mol. The Bertz CT molecular complexity index is 2200. The summed E-state index contributed by atoms with van der Waals surface area (Å²) in [5.41, 5.74) is 16.7. The third-order valence-electron chi connectivity index (χ3n) is 13.3. The standard InChI is InChI=1S/C54H94N16O13/c1-3-4-21-39(37(2)73)62-52(80)43(34-71)66-51(79)42(33-38-20-18-27-58-38)64-53(81)44(35-72)65-49(77)40(22-19-28-60-54(56)57)63-50(78)41(25-26-45(55)74)61-48(76)36-83-32-31-82-30-29-59-47(75)24-17-15-13-11-9-7-5-6-8-10-12-14-16-23-46-67-69-70-68-46/h20,27,39-44,71-72H,3-19,21-26,28-36H2,1-2H3,(H2,55,74)(H,59,75)(H,61,76)(H,62,80)(H,63,78)(H,64,81)(H,65,77)(H,66,79)(H4,56,57,60)(H,67,68,69,70)/t39-,40-,41-,42-,43-,44-/m0/s1. The number of Topliss-reactive ketones (excluding diaryl/α,β-unsaturated/α-hetero) is 1. The highest BCUT2D eigenvalue weighted by Crippen LogP contribution is 2.16. The Labute approximate surface area is 486 Å². The molecule has 1 aliphatic heterocycles. The fourth-order valence-electron chi connectivity index (χ4n) is 8.60. The number of H-pyrrole nitrogens is 1. The summed E-state index contributed by atoms with van der Waals surface area (Å²) < 4.78 is 10.9. The molecule has 1 aromatic rings. The van der Waals surface area contributed by atoms with Gasteiger partial charge in [-0.1, -0.05) is 102 Å². The number of rotatable bonds is 50. The summed E-state index contributed by atoms with van der Waals surface area (Å²) in [6.45, 7) is 1.44. The first-order valence-corrected chi connectivity index (χ1v) is 29.2. The van der Waals surface area contributed by atoms with Gasteiger partial charge in [-0.05, 0) is 45.4 Å². The third kappa shape index (κ3) is 34.3. The van der Waals surface area contributed by atoms with Crippen LogP contribution in [-0.2, 0) is 59.0 Å². The minimum atomic E-state index is -1.73. The number of ketones is 1. The number of nitrogens with zero attached hydrogens (tertiary/aromatic N) is 5. The summed E-state index contributed by atoms with van der Waals surface area (Å²) in [6.07, 6.45) is 20.9. The number of carbonyl (C=O) groups is 9. The minimum Gasteiger partial charge on any atom is -0.394 e. The van der Waals surface area contributed by atoms with Crippen LogP contribution in [0.5, 0.6) is 0 Å². The number of nitrogens with two attached hydrogens (primary N) is 3.